The van der Waals surface area contributed by atoms with Crippen molar-refractivity contribution < 1.29 is 9.53 Å². The van der Waals surface area contributed by atoms with Crippen LogP contribution in [0.4, 0.5) is 0 Å². The van der Waals surface area contributed by atoms with E-state index in [9.17, 15) is 4.79 Å². The lowest BCUT2D eigenvalue weighted by molar-refractivity contribution is -0.132. The minimum absolute atomic E-state index is 0.198. The van der Waals surface area contributed by atoms with E-state index >= 15 is 0 Å². The fourth-order valence-corrected chi connectivity index (χ4v) is 2.12. The van der Waals surface area contributed by atoms with Crippen LogP contribution in [-0.4, -0.2) is 12.5 Å². The van der Waals surface area contributed by atoms with Crippen molar-refractivity contribution in [1.29, 1.82) is 0 Å². The Hall–Kier alpha value is -1.29. The number of amides is 1. The number of unbranched alkanes of at least 4 members (excludes halogenated alkanes) is 2. The Kier molecular flexibility index (Phi) is 5.18. The van der Waals surface area contributed by atoms with Crippen LogP contribution in [0.15, 0.2) is 24.0 Å². The second kappa shape index (κ2) is 6.24. The lowest BCUT2D eigenvalue weighted by Gasteiger charge is -2.40. The minimum Gasteiger partial charge on any atom is -0.494 e. The van der Waals surface area contributed by atoms with E-state index in [2.05, 4.69) is 12.3 Å². The molecule has 0 aliphatic heterocycles. The van der Waals surface area contributed by atoms with Gasteiger partial charge >= 0.3 is 0 Å². The second-order valence-corrected chi connectivity index (χ2v) is 5.83. The summed E-state index contributed by atoms with van der Waals surface area (Å²) in [5.74, 6) is 5.85. The van der Waals surface area contributed by atoms with Gasteiger partial charge in [0.2, 0.25) is 5.91 Å². The van der Waals surface area contributed by atoms with E-state index < -0.39 is 5.41 Å². The zero-order valence-electron chi connectivity index (χ0n) is 12.5. The molecule has 4 heteroatoms. The highest BCUT2D eigenvalue weighted by Gasteiger charge is 2.46. The van der Waals surface area contributed by atoms with Crippen LogP contribution < -0.4 is 11.3 Å². The first-order valence-corrected chi connectivity index (χ1v) is 6.93. The first-order chi connectivity index (χ1) is 8.87. The number of nitrogens with two attached hydrogens (primary N) is 1. The maximum Gasteiger partial charge on any atom is 0.244 e. The smallest absolute Gasteiger partial charge is 0.244 e. The molecule has 4 nitrogen and oxygen atoms in total. The van der Waals surface area contributed by atoms with Crippen LogP contribution in [0.25, 0.3) is 0 Å². The predicted molar refractivity (Wildman–Crippen MR) is 76.9 cm³/mol. The number of hydrogen-bond donors (Lipinski definition) is 2. The monoisotopic (exact) mass is 266 g/mol. The summed E-state index contributed by atoms with van der Waals surface area (Å²) in [7, 11) is 0. The van der Waals surface area contributed by atoms with Gasteiger partial charge in [0.1, 0.15) is 5.76 Å². The largest absolute Gasteiger partial charge is 0.494 e. The normalized spacial score (nSPS) is 24.8. The topological polar surface area (TPSA) is 64.3 Å². The molecule has 0 aromatic heterocycles. The molecular formula is C15H26N2O2. The van der Waals surface area contributed by atoms with Crippen LogP contribution in [0.5, 0.6) is 0 Å². The summed E-state index contributed by atoms with van der Waals surface area (Å²) in [6.45, 7) is 8.76. The number of ether oxygens (including phenoxy) is 1. The van der Waals surface area contributed by atoms with Crippen molar-refractivity contribution in [3.05, 3.63) is 24.0 Å². The molecule has 108 valence electrons. The van der Waals surface area contributed by atoms with Crippen molar-refractivity contribution in [2.24, 2.45) is 16.7 Å². The number of nitrogens with one attached hydrogen (secondary N) is 1. The summed E-state index contributed by atoms with van der Waals surface area (Å²) < 4.78 is 5.72. The van der Waals surface area contributed by atoms with Gasteiger partial charge in [-0.05, 0) is 25.5 Å². The van der Waals surface area contributed by atoms with Crippen LogP contribution in [0.2, 0.25) is 0 Å². The molecule has 1 atom stereocenters. The highest BCUT2D eigenvalue weighted by molar-refractivity contribution is 5.85. The van der Waals surface area contributed by atoms with Gasteiger partial charge in [0.25, 0.3) is 0 Å². The Morgan fingerprint density at radius 3 is 2.63 bits per heavy atom. The van der Waals surface area contributed by atoms with Crippen molar-refractivity contribution in [2.45, 2.75) is 47.0 Å². The van der Waals surface area contributed by atoms with Gasteiger partial charge in [0.15, 0.2) is 0 Å². The van der Waals surface area contributed by atoms with E-state index in [-0.39, 0.29) is 11.3 Å². The average Bonchev–Trinajstić information content (AvgIpc) is 2.38. The molecule has 1 amide bonds. The summed E-state index contributed by atoms with van der Waals surface area (Å²) >= 11 is 0. The van der Waals surface area contributed by atoms with Crippen molar-refractivity contribution in [2.75, 3.05) is 6.61 Å². The van der Waals surface area contributed by atoms with Crippen LogP contribution in [-0.2, 0) is 9.53 Å². The molecule has 1 unspecified atom stereocenters. The van der Waals surface area contributed by atoms with E-state index in [0.29, 0.717) is 6.61 Å². The first-order valence-electron chi connectivity index (χ1n) is 6.93. The summed E-state index contributed by atoms with van der Waals surface area (Å²) in [4.78, 5) is 12.1. The van der Waals surface area contributed by atoms with Gasteiger partial charge in [0, 0.05) is 5.41 Å². The minimum atomic E-state index is -0.698. The highest BCUT2D eigenvalue weighted by Crippen LogP contribution is 2.45. The number of carbonyl (C=O) groups is 1. The van der Waals surface area contributed by atoms with Crippen LogP contribution in [0.3, 0.4) is 0 Å². The first kappa shape index (κ1) is 15.8. The molecule has 0 bridgehead atoms. The predicted octanol–water partition coefficient (Wildman–Crippen LogP) is 2.67. The molecule has 0 saturated heterocycles. The molecule has 3 N–H and O–H groups in total. The second-order valence-electron chi connectivity index (χ2n) is 5.83. The van der Waals surface area contributed by atoms with E-state index in [0.717, 1.165) is 18.6 Å². The van der Waals surface area contributed by atoms with Gasteiger partial charge < -0.3 is 4.74 Å². The zero-order chi connectivity index (χ0) is 14.5. The number of allylic oxidation sites excluding steroid dienone is 2. The van der Waals surface area contributed by atoms with Crippen LogP contribution in [0, 0.1) is 10.8 Å². The fraction of sp³-hybridized carbons (Fsp3) is 0.667. The molecule has 0 aromatic carbocycles. The molecule has 0 fully saturated rings. The number of rotatable bonds is 6. The van der Waals surface area contributed by atoms with Gasteiger partial charge in [-0.25, -0.2) is 5.84 Å². The zero-order valence-corrected chi connectivity index (χ0v) is 12.5. The fourth-order valence-electron chi connectivity index (χ4n) is 2.12. The third-order valence-electron chi connectivity index (χ3n) is 4.05. The molecule has 0 saturated carbocycles. The Balaban J connectivity index is 2.80. The average molecular weight is 266 g/mol. The lowest BCUT2D eigenvalue weighted by atomic mass is 9.64. The van der Waals surface area contributed by atoms with Gasteiger partial charge in [-0.15, -0.1) is 0 Å². The number of carbonyl (C=O) groups excluding carboxylic acids is 1. The van der Waals surface area contributed by atoms with E-state index in [1.165, 1.54) is 6.42 Å². The Bertz CT molecular complexity index is 386. The lowest BCUT2D eigenvalue weighted by Crippen LogP contribution is -2.49. The number of hydrazine groups is 1. The molecule has 0 spiro atoms. The van der Waals surface area contributed by atoms with E-state index in [4.69, 9.17) is 10.6 Å². The SMILES string of the molecule is CCCCCOC1=CC(C)(C(=O)NN)C(C)(C)C=C1. The quantitative estimate of drug-likeness (QED) is 0.336. The maximum atomic E-state index is 12.1. The third-order valence-corrected chi connectivity index (χ3v) is 4.05. The van der Waals surface area contributed by atoms with Gasteiger partial charge in [-0.2, -0.15) is 0 Å². The Morgan fingerprint density at radius 2 is 2.05 bits per heavy atom. The van der Waals surface area contributed by atoms with Crippen LogP contribution in [0.1, 0.15) is 47.0 Å². The molecule has 1 rings (SSSR count). The summed E-state index contributed by atoms with van der Waals surface area (Å²) in [5.41, 5.74) is 1.26. The summed E-state index contributed by atoms with van der Waals surface area (Å²) in [6, 6.07) is 0. The van der Waals surface area contributed by atoms with Crippen LogP contribution >= 0.6 is 0 Å². The van der Waals surface area contributed by atoms with Crippen molar-refractivity contribution >= 4 is 5.91 Å². The molecule has 0 heterocycles. The van der Waals surface area contributed by atoms with E-state index in [1.54, 1.807) is 0 Å². The van der Waals surface area contributed by atoms with Gasteiger partial charge in [0.05, 0.1) is 12.0 Å². The van der Waals surface area contributed by atoms with Crippen molar-refractivity contribution in [3.63, 3.8) is 0 Å². The highest BCUT2D eigenvalue weighted by atomic mass is 16.5. The Labute approximate surface area is 116 Å². The standard InChI is InChI=1S/C15H26N2O2/c1-5-6-7-10-19-12-8-9-14(2,3)15(4,11-12)13(18)17-16/h8-9,11H,5-7,10,16H2,1-4H3,(H,17,18). The maximum absolute atomic E-state index is 12.1. The summed E-state index contributed by atoms with van der Waals surface area (Å²) in [5, 5.41) is 0. The van der Waals surface area contributed by atoms with Gasteiger partial charge in [-0.1, -0.05) is 39.7 Å². The molecule has 0 aromatic rings. The molecular weight excluding hydrogens is 240 g/mol. The molecule has 1 aliphatic carbocycles. The molecule has 0 radical (unpaired) electrons. The van der Waals surface area contributed by atoms with Gasteiger partial charge in [-0.3, -0.25) is 10.2 Å². The summed E-state index contributed by atoms with van der Waals surface area (Å²) in [6.07, 6.45) is 9.18. The van der Waals surface area contributed by atoms with E-state index in [1.807, 2.05) is 39.0 Å². The Morgan fingerprint density at radius 1 is 1.37 bits per heavy atom. The third kappa shape index (κ3) is 3.38. The van der Waals surface area contributed by atoms with Crippen molar-refractivity contribution in [1.82, 2.24) is 5.43 Å². The molecule has 1 aliphatic rings. The number of hydrogen-bond acceptors (Lipinski definition) is 3. The van der Waals surface area contributed by atoms with Crippen molar-refractivity contribution in [3.8, 4) is 0 Å². The molecule has 19 heavy (non-hydrogen) atoms.